The number of carbonyl (C=O) groups is 1. The molecule has 7 heteroatoms. The molecule has 1 fully saturated rings. The van der Waals surface area contributed by atoms with Crippen molar-refractivity contribution in [3.63, 3.8) is 0 Å². The average Bonchev–Trinajstić information content (AvgIpc) is 2.73. The fourth-order valence-corrected chi connectivity index (χ4v) is 3.90. The van der Waals surface area contributed by atoms with E-state index >= 15 is 0 Å². The van der Waals surface area contributed by atoms with E-state index in [2.05, 4.69) is 28.7 Å². The molecule has 0 N–H and O–H groups in total. The van der Waals surface area contributed by atoms with E-state index in [1.54, 1.807) is 18.3 Å². The molecule has 3 heterocycles. The number of aryl methyl sites for hydroxylation is 2. The van der Waals surface area contributed by atoms with Crippen molar-refractivity contribution in [1.82, 2.24) is 14.9 Å². The van der Waals surface area contributed by atoms with Crippen molar-refractivity contribution in [1.29, 1.82) is 0 Å². The lowest BCUT2D eigenvalue weighted by molar-refractivity contribution is -0.129. The van der Waals surface area contributed by atoms with Gasteiger partial charge >= 0.3 is 0 Å². The zero-order valence-electron chi connectivity index (χ0n) is 12.3. The highest BCUT2D eigenvalue weighted by molar-refractivity contribution is 7.18. The van der Waals surface area contributed by atoms with Gasteiger partial charge in [-0.25, -0.2) is 4.98 Å². The molecule has 0 bridgehead atoms. The summed E-state index contributed by atoms with van der Waals surface area (Å²) in [7, 11) is 0. The van der Waals surface area contributed by atoms with Crippen molar-refractivity contribution < 1.29 is 4.79 Å². The Bertz CT molecular complexity index is 707. The molecule has 1 aliphatic heterocycles. The van der Waals surface area contributed by atoms with Crippen LogP contribution in [0.15, 0.2) is 0 Å². The Morgan fingerprint density at radius 3 is 2.48 bits per heavy atom. The van der Waals surface area contributed by atoms with E-state index in [0.717, 1.165) is 42.2 Å². The number of halogens is 1. The molecule has 0 aromatic carbocycles. The van der Waals surface area contributed by atoms with Crippen LogP contribution in [-0.2, 0) is 4.79 Å². The Hall–Kier alpha value is -1.40. The van der Waals surface area contributed by atoms with Gasteiger partial charge in [-0.05, 0) is 31.0 Å². The third kappa shape index (κ3) is 2.58. The van der Waals surface area contributed by atoms with Gasteiger partial charge in [-0.1, -0.05) is 0 Å². The molecule has 0 radical (unpaired) electrons. The molecule has 3 rings (SSSR count). The summed E-state index contributed by atoms with van der Waals surface area (Å²) in [6, 6.07) is 0. The molecule has 1 saturated heterocycles. The minimum atomic E-state index is 0.128. The molecule has 0 unspecified atom stereocenters. The van der Waals surface area contributed by atoms with Gasteiger partial charge in [0.05, 0.1) is 5.39 Å². The van der Waals surface area contributed by atoms with E-state index in [4.69, 9.17) is 11.6 Å². The fourth-order valence-electron chi connectivity index (χ4n) is 2.67. The minimum Gasteiger partial charge on any atom is -0.352 e. The normalized spacial score (nSPS) is 15.8. The minimum absolute atomic E-state index is 0.128. The van der Waals surface area contributed by atoms with Crippen molar-refractivity contribution in [3.05, 3.63) is 15.7 Å². The molecule has 0 spiro atoms. The maximum absolute atomic E-state index is 11.4. The molecule has 21 heavy (non-hydrogen) atoms. The monoisotopic (exact) mass is 324 g/mol. The number of amides is 1. The van der Waals surface area contributed by atoms with Crippen LogP contribution in [0.3, 0.4) is 0 Å². The number of hydrogen-bond acceptors (Lipinski definition) is 5. The standard InChI is InChI=1S/C14H17ClN4OS/c1-8-9(2)21-13-11(8)12(16-14(15)17-13)19-6-4-18(5-7-19)10(3)20/h4-7H2,1-3H3. The maximum Gasteiger partial charge on any atom is 0.225 e. The molecular formula is C14H17ClN4OS. The lowest BCUT2D eigenvalue weighted by Crippen LogP contribution is -2.48. The first-order chi connectivity index (χ1) is 9.97. The lowest BCUT2D eigenvalue weighted by atomic mass is 10.2. The summed E-state index contributed by atoms with van der Waals surface area (Å²) in [4.78, 5) is 26.5. The highest BCUT2D eigenvalue weighted by Gasteiger charge is 2.23. The Kier molecular flexibility index (Phi) is 3.75. The van der Waals surface area contributed by atoms with Gasteiger partial charge in [-0.2, -0.15) is 4.98 Å². The first-order valence-electron chi connectivity index (χ1n) is 6.91. The van der Waals surface area contributed by atoms with Gasteiger partial charge in [-0.15, -0.1) is 11.3 Å². The van der Waals surface area contributed by atoms with Crippen LogP contribution in [0.1, 0.15) is 17.4 Å². The van der Waals surface area contributed by atoms with Gasteiger partial charge in [0.25, 0.3) is 0 Å². The highest BCUT2D eigenvalue weighted by atomic mass is 35.5. The van der Waals surface area contributed by atoms with Crippen LogP contribution in [-0.4, -0.2) is 47.0 Å². The van der Waals surface area contributed by atoms with Crippen LogP contribution in [0.4, 0.5) is 5.82 Å². The summed E-state index contributed by atoms with van der Waals surface area (Å²) >= 11 is 7.73. The summed E-state index contributed by atoms with van der Waals surface area (Å²) in [6.45, 7) is 8.80. The van der Waals surface area contributed by atoms with Crippen LogP contribution in [0, 0.1) is 13.8 Å². The van der Waals surface area contributed by atoms with Crippen LogP contribution >= 0.6 is 22.9 Å². The zero-order chi connectivity index (χ0) is 15.1. The Morgan fingerprint density at radius 1 is 1.19 bits per heavy atom. The highest BCUT2D eigenvalue weighted by Crippen LogP contribution is 2.35. The van der Waals surface area contributed by atoms with Crippen LogP contribution < -0.4 is 4.90 Å². The summed E-state index contributed by atoms with van der Waals surface area (Å²) < 4.78 is 0. The maximum atomic E-state index is 11.4. The second-order valence-corrected chi connectivity index (χ2v) is 6.81. The van der Waals surface area contributed by atoms with Crippen LogP contribution in [0.2, 0.25) is 5.28 Å². The van der Waals surface area contributed by atoms with Crippen LogP contribution in [0.5, 0.6) is 0 Å². The van der Waals surface area contributed by atoms with Gasteiger partial charge in [0.1, 0.15) is 10.6 Å². The number of hydrogen-bond donors (Lipinski definition) is 0. The molecule has 1 amide bonds. The molecule has 0 atom stereocenters. The Labute approximate surface area is 132 Å². The van der Waals surface area contributed by atoms with Gasteiger partial charge in [0.15, 0.2) is 0 Å². The topological polar surface area (TPSA) is 49.3 Å². The third-order valence-electron chi connectivity index (χ3n) is 4.01. The van der Waals surface area contributed by atoms with Crippen molar-refractivity contribution in [2.24, 2.45) is 0 Å². The number of thiophene rings is 1. The van der Waals surface area contributed by atoms with Gasteiger partial charge in [0.2, 0.25) is 11.2 Å². The zero-order valence-corrected chi connectivity index (χ0v) is 13.9. The SMILES string of the molecule is CC(=O)N1CCN(c2nc(Cl)nc3sc(C)c(C)c23)CC1. The van der Waals surface area contributed by atoms with E-state index in [0.29, 0.717) is 0 Å². The average molecular weight is 325 g/mol. The molecule has 5 nitrogen and oxygen atoms in total. The summed E-state index contributed by atoms with van der Waals surface area (Å²) in [5.41, 5.74) is 1.22. The van der Waals surface area contributed by atoms with Crippen molar-refractivity contribution in [2.45, 2.75) is 20.8 Å². The number of piperazine rings is 1. The third-order valence-corrected chi connectivity index (χ3v) is 5.28. The Balaban J connectivity index is 1.99. The number of fused-ring (bicyclic) bond motifs is 1. The molecule has 0 saturated carbocycles. The van der Waals surface area contributed by atoms with Crippen molar-refractivity contribution in [3.8, 4) is 0 Å². The molecule has 2 aromatic rings. The van der Waals surface area contributed by atoms with Crippen molar-refractivity contribution >= 4 is 44.9 Å². The lowest BCUT2D eigenvalue weighted by Gasteiger charge is -2.35. The number of aromatic nitrogens is 2. The van der Waals surface area contributed by atoms with E-state index in [-0.39, 0.29) is 11.2 Å². The number of carbonyl (C=O) groups excluding carboxylic acids is 1. The van der Waals surface area contributed by atoms with Crippen LogP contribution in [0.25, 0.3) is 10.2 Å². The second-order valence-electron chi connectivity index (χ2n) is 5.27. The first kappa shape index (κ1) is 14.5. The quantitative estimate of drug-likeness (QED) is 0.757. The van der Waals surface area contributed by atoms with Gasteiger partial charge < -0.3 is 9.80 Å². The number of rotatable bonds is 1. The molecule has 0 aliphatic carbocycles. The largest absolute Gasteiger partial charge is 0.352 e. The first-order valence-corrected chi connectivity index (χ1v) is 8.10. The number of anilines is 1. The summed E-state index contributed by atoms with van der Waals surface area (Å²) in [5.74, 6) is 1.03. The number of nitrogens with zero attached hydrogens (tertiary/aromatic N) is 4. The predicted octanol–water partition coefficient (Wildman–Crippen LogP) is 2.63. The van der Waals surface area contributed by atoms with Gasteiger partial charge in [-0.3, -0.25) is 4.79 Å². The Morgan fingerprint density at radius 2 is 1.86 bits per heavy atom. The van der Waals surface area contributed by atoms with Gasteiger partial charge in [0, 0.05) is 38.0 Å². The molecule has 2 aromatic heterocycles. The smallest absolute Gasteiger partial charge is 0.225 e. The predicted molar refractivity (Wildman–Crippen MR) is 86.4 cm³/mol. The van der Waals surface area contributed by atoms with E-state index in [9.17, 15) is 4.79 Å². The van der Waals surface area contributed by atoms with E-state index in [1.807, 2.05) is 4.90 Å². The van der Waals surface area contributed by atoms with E-state index in [1.165, 1.54) is 10.4 Å². The van der Waals surface area contributed by atoms with E-state index < -0.39 is 0 Å². The molecule has 1 aliphatic rings. The molecule has 112 valence electrons. The van der Waals surface area contributed by atoms with Crippen molar-refractivity contribution in [2.75, 3.05) is 31.1 Å². The summed E-state index contributed by atoms with van der Waals surface area (Å²) in [6.07, 6.45) is 0. The molecular weight excluding hydrogens is 308 g/mol. The fraction of sp³-hybridized carbons (Fsp3) is 0.500. The second kappa shape index (κ2) is 5.42. The summed E-state index contributed by atoms with van der Waals surface area (Å²) in [5, 5.41) is 1.38.